The van der Waals surface area contributed by atoms with Crippen LogP contribution in [0.5, 0.6) is 0 Å². The number of rotatable bonds is 0. The van der Waals surface area contributed by atoms with Crippen molar-refractivity contribution in [1.82, 2.24) is 4.90 Å². The molecule has 1 nitrogen and oxygen atoms in total. The molecule has 0 aromatic heterocycles. The van der Waals surface area contributed by atoms with Crippen molar-refractivity contribution >= 4 is 0 Å². The van der Waals surface area contributed by atoms with Crippen molar-refractivity contribution in [3.05, 3.63) is 11.6 Å². The minimum Gasteiger partial charge on any atom is -0.306 e. The summed E-state index contributed by atoms with van der Waals surface area (Å²) in [5.74, 6) is 0. The summed E-state index contributed by atoms with van der Waals surface area (Å²) in [5, 5.41) is 0. The third-order valence-corrected chi connectivity index (χ3v) is 2.04. The molecule has 0 aromatic rings. The molecule has 1 heteroatoms. The van der Waals surface area contributed by atoms with Crippen LogP contribution in [0.1, 0.15) is 47.5 Å². The average molecular weight is 185 g/mol. The van der Waals surface area contributed by atoms with Gasteiger partial charge in [-0.05, 0) is 26.8 Å². The molecule has 1 aliphatic heterocycles. The van der Waals surface area contributed by atoms with Crippen LogP contribution in [0.4, 0.5) is 0 Å². The van der Waals surface area contributed by atoms with Crippen LogP contribution in [-0.4, -0.2) is 25.0 Å². The maximum atomic E-state index is 2.38. The van der Waals surface area contributed by atoms with Crippen LogP contribution in [0, 0.1) is 0 Å². The van der Waals surface area contributed by atoms with Gasteiger partial charge in [0.05, 0.1) is 0 Å². The zero-order valence-electron chi connectivity index (χ0n) is 10.4. The molecule has 0 aromatic carbocycles. The molecule has 13 heavy (non-hydrogen) atoms. The van der Waals surface area contributed by atoms with Gasteiger partial charge in [0, 0.05) is 13.1 Å². The molecule has 0 amide bonds. The standard InChI is InChI=1S/C8H15N.2C2H6/c1-3-8-4-6-9(2)7-5-8;2*1-2/h3H,4-7H2,1-2H3;2*1-2H3. The lowest BCUT2D eigenvalue weighted by Crippen LogP contribution is -2.26. The first-order chi connectivity index (χ1) is 6.33. The van der Waals surface area contributed by atoms with Gasteiger partial charge in [-0.2, -0.15) is 0 Å². The molecule has 80 valence electrons. The first-order valence-electron chi connectivity index (χ1n) is 5.65. The summed E-state index contributed by atoms with van der Waals surface area (Å²) in [6.07, 6.45) is 4.83. The van der Waals surface area contributed by atoms with Crippen LogP contribution in [0.15, 0.2) is 11.6 Å². The van der Waals surface area contributed by atoms with Crippen molar-refractivity contribution < 1.29 is 0 Å². The number of hydrogen-bond acceptors (Lipinski definition) is 1. The van der Waals surface area contributed by atoms with Gasteiger partial charge in [-0.25, -0.2) is 0 Å². The summed E-state index contributed by atoms with van der Waals surface area (Å²) in [6, 6.07) is 0. The van der Waals surface area contributed by atoms with Gasteiger partial charge in [-0.15, -0.1) is 0 Å². The van der Waals surface area contributed by atoms with E-state index in [-0.39, 0.29) is 0 Å². The normalized spacial score (nSPS) is 16.3. The summed E-state index contributed by atoms with van der Waals surface area (Å²) in [4.78, 5) is 2.38. The Morgan fingerprint density at radius 1 is 1.00 bits per heavy atom. The molecular formula is C12H27N. The van der Waals surface area contributed by atoms with Crippen molar-refractivity contribution in [2.45, 2.75) is 47.5 Å². The third-order valence-electron chi connectivity index (χ3n) is 2.04. The minimum absolute atomic E-state index is 1.25. The number of likely N-dealkylation sites (tertiary alicyclic amines) is 1. The smallest absolute Gasteiger partial charge is 0.00157 e. The van der Waals surface area contributed by atoms with Gasteiger partial charge in [0.15, 0.2) is 0 Å². The predicted octanol–water partition coefficient (Wildman–Crippen LogP) is 3.71. The molecule has 0 N–H and O–H groups in total. The first kappa shape index (κ1) is 15.2. The second kappa shape index (κ2) is 11.7. The zero-order chi connectivity index (χ0) is 10.7. The summed E-state index contributed by atoms with van der Waals surface area (Å²) < 4.78 is 0. The zero-order valence-corrected chi connectivity index (χ0v) is 10.4. The van der Waals surface area contributed by atoms with Crippen LogP contribution < -0.4 is 0 Å². The summed E-state index contributed by atoms with van der Waals surface area (Å²) in [7, 11) is 2.19. The predicted molar refractivity (Wildman–Crippen MR) is 63.2 cm³/mol. The lowest BCUT2D eigenvalue weighted by molar-refractivity contribution is 0.312. The van der Waals surface area contributed by atoms with E-state index in [9.17, 15) is 0 Å². The van der Waals surface area contributed by atoms with Crippen molar-refractivity contribution in [1.29, 1.82) is 0 Å². The molecule has 0 bridgehead atoms. The average Bonchev–Trinajstić information content (AvgIpc) is 2.25. The molecular weight excluding hydrogens is 158 g/mol. The number of allylic oxidation sites excluding steroid dienone is 1. The number of nitrogens with zero attached hydrogens (tertiary/aromatic N) is 1. The van der Waals surface area contributed by atoms with Crippen molar-refractivity contribution in [3.8, 4) is 0 Å². The van der Waals surface area contributed by atoms with E-state index in [1.807, 2.05) is 27.7 Å². The van der Waals surface area contributed by atoms with Crippen LogP contribution in [0.3, 0.4) is 0 Å². The first-order valence-corrected chi connectivity index (χ1v) is 5.65. The van der Waals surface area contributed by atoms with E-state index in [2.05, 4.69) is 24.9 Å². The van der Waals surface area contributed by atoms with Crippen molar-refractivity contribution in [2.24, 2.45) is 0 Å². The Kier molecular flexibility index (Phi) is 13.7. The molecule has 0 aliphatic carbocycles. The fourth-order valence-electron chi connectivity index (χ4n) is 1.19. The molecule has 1 saturated heterocycles. The number of piperidine rings is 1. The highest BCUT2D eigenvalue weighted by atomic mass is 15.1. The molecule has 0 saturated carbocycles. The van der Waals surface area contributed by atoms with Crippen LogP contribution in [0.2, 0.25) is 0 Å². The molecule has 1 aliphatic rings. The molecule has 0 unspecified atom stereocenters. The van der Waals surface area contributed by atoms with Crippen LogP contribution in [0.25, 0.3) is 0 Å². The van der Waals surface area contributed by atoms with E-state index in [4.69, 9.17) is 0 Å². The van der Waals surface area contributed by atoms with Crippen LogP contribution in [-0.2, 0) is 0 Å². The molecule has 0 spiro atoms. The van der Waals surface area contributed by atoms with Crippen molar-refractivity contribution in [2.75, 3.05) is 20.1 Å². The fraction of sp³-hybridized carbons (Fsp3) is 0.833. The van der Waals surface area contributed by atoms with Gasteiger partial charge in [0.2, 0.25) is 0 Å². The van der Waals surface area contributed by atoms with E-state index in [0.29, 0.717) is 0 Å². The second-order valence-corrected chi connectivity index (χ2v) is 2.75. The Bertz CT molecular complexity index is 106. The topological polar surface area (TPSA) is 3.24 Å². The fourth-order valence-corrected chi connectivity index (χ4v) is 1.19. The Morgan fingerprint density at radius 2 is 1.38 bits per heavy atom. The molecule has 0 atom stereocenters. The largest absolute Gasteiger partial charge is 0.306 e. The maximum absolute atomic E-state index is 2.38. The van der Waals surface area contributed by atoms with Gasteiger partial charge in [-0.3, -0.25) is 0 Å². The summed E-state index contributed by atoms with van der Waals surface area (Å²) in [5.41, 5.74) is 1.63. The van der Waals surface area contributed by atoms with Crippen molar-refractivity contribution in [3.63, 3.8) is 0 Å². The van der Waals surface area contributed by atoms with E-state index < -0.39 is 0 Å². The molecule has 1 fully saturated rings. The highest BCUT2D eigenvalue weighted by Gasteiger charge is 2.07. The van der Waals surface area contributed by atoms with E-state index in [0.717, 1.165) is 0 Å². The van der Waals surface area contributed by atoms with Crippen LogP contribution >= 0.6 is 0 Å². The molecule has 0 radical (unpaired) electrons. The van der Waals surface area contributed by atoms with Gasteiger partial charge < -0.3 is 4.90 Å². The Morgan fingerprint density at radius 3 is 1.69 bits per heavy atom. The Hall–Kier alpha value is -0.300. The quantitative estimate of drug-likeness (QED) is 0.520. The number of hydrogen-bond donors (Lipinski definition) is 0. The highest BCUT2D eigenvalue weighted by Crippen LogP contribution is 2.13. The van der Waals surface area contributed by atoms with E-state index >= 15 is 0 Å². The second-order valence-electron chi connectivity index (χ2n) is 2.75. The monoisotopic (exact) mass is 185 g/mol. The third kappa shape index (κ3) is 8.04. The van der Waals surface area contributed by atoms with Gasteiger partial charge in [0.25, 0.3) is 0 Å². The summed E-state index contributed by atoms with van der Waals surface area (Å²) >= 11 is 0. The lowest BCUT2D eigenvalue weighted by atomic mass is 10.1. The highest BCUT2D eigenvalue weighted by molar-refractivity contribution is 5.03. The van der Waals surface area contributed by atoms with Gasteiger partial charge >= 0.3 is 0 Å². The molecule has 1 rings (SSSR count). The maximum Gasteiger partial charge on any atom is 0.00157 e. The Labute approximate surface area is 84.8 Å². The minimum atomic E-state index is 1.25. The molecule has 1 heterocycles. The summed E-state index contributed by atoms with van der Waals surface area (Å²) in [6.45, 7) is 12.6. The Balaban J connectivity index is 0. The van der Waals surface area contributed by atoms with Gasteiger partial charge in [-0.1, -0.05) is 39.3 Å². The van der Waals surface area contributed by atoms with E-state index in [1.54, 1.807) is 5.57 Å². The lowest BCUT2D eigenvalue weighted by Gasteiger charge is -2.23. The van der Waals surface area contributed by atoms with E-state index in [1.165, 1.54) is 25.9 Å². The SMILES string of the molecule is CC.CC.CC=C1CCN(C)CC1. The van der Waals surface area contributed by atoms with Gasteiger partial charge in [0.1, 0.15) is 0 Å².